The van der Waals surface area contributed by atoms with Crippen LogP contribution in [-0.4, -0.2) is 105 Å². The van der Waals surface area contributed by atoms with Gasteiger partial charge in [-0.15, -0.1) is 0 Å². The third-order valence-corrected chi connectivity index (χ3v) is 4.88. The Bertz CT molecular complexity index is 659. The van der Waals surface area contributed by atoms with Crippen LogP contribution >= 0.6 is 0 Å². The lowest BCUT2D eigenvalue weighted by Crippen LogP contribution is -2.42. The van der Waals surface area contributed by atoms with Crippen LogP contribution in [0.1, 0.15) is 39.5 Å². The number of hydrogen-bond donors (Lipinski definition) is 5. The highest BCUT2D eigenvalue weighted by Crippen LogP contribution is 1.99. The second kappa shape index (κ2) is 20.8. The fourth-order valence-electron chi connectivity index (χ4n) is 2.77. The van der Waals surface area contributed by atoms with Crippen molar-refractivity contribution in [3.8, 4) is 0 Å². The number of nitrogens with one attached hydrogen (secondary N) is 3. The van der Waals surface area contributed by atoms with Crippen LogP contribution in [0.2, 0.25) is 0 Å². The first kappa shape index (κ1) is 32.5. The van der Waals surface area contributed by atoms with Crippen molar-refractivity contribution < 1.29 is 38.9 Å². The third kappa shape index (κ3) is 19.5. The van der Waals surface area contributed by atoms with Gasteiger partial charge < -0.3 is 35.6 Å². The van der Waals surface area contributed by atoms with Crippen molar-refractivity contribution in [2.24, 2.45) is 5.92 Å². The number of carbonyl (C=O) groups is 4. The monoisotopic (exact) mass is 502 g/mol. The minimum atomic E-state index is -1.01. The second-order valence-corrected chi connectivity index (χ2v) is 8.16. The Kier molecular flexibility index (Phi) is 19.3. The van der Waals surface area contributed by atoms with Gasteiger partial charge in [0, 0.05) is 64.4 Å². The summed E-state index contributed by atoms with van der Waals surface area (Å²) in [5, 5.41) is 26.7. The molecule has 1 amide bonds. The number of aliphatic hydroxyl groups is 1. The Morgan fingerprint density at radius 2 is 1.60 bits per heavy atom. The van der Waals surface area contributed by atoms with Gasteiger partial charge in [0.15, 0.2) is 0 Å². The molecule has 0 rings (SSSR count). The largest absolute Gasteiger partial charge is 0.481 e. The summed E-state index contributed by atoms with van der Waals surface area (Å²) < 4.78 is 9.68. The van der Waals surface area contributed by atoms with Crippen LogP contribution < -0.4 is 16.0 Å². The van der Waals surface area contributed by atoms with Gasteiger partial charge in [-0.25, -0.2) is 4.79 Å². The molecule has 1 atom stereocenters. The third-order valence-electron chi connectivity index (χ3n) is 4.88. The van der Waals surface area contributed by atoms with E-state index in [0.717, 1.165) is 32.5 Å². The van der Waals surface area contributed by atoms with Gasteiger partial charge in [-0.3, -0.25) is 19.3 Å². The van der Waals surface area contributed by atoms with Gasteiger partial charge in [-0.05, 0) is 26.3 Å². The molecular weight excluding hydrogens is 460 g/mol. The average molecular weight is 503 g/mol. The van der Waals surface area contributed by atoms with E-state index in [-0.39, 0.29) is 30.9 Å². The number of aliphatic hydroxyl groups excluding tert-OH is 1. The van der Waals surface area contributed by atoms with Gasteiger partial charge in [-0.1, -0.05) is 13.5 Å². The van der Waals surface area contributed by atoms with Crippen molar-refractivity contribution in [2.75, 3.05) is 65.8 Å². The summed E-state index contributed by atoms with van der Waals surface area (Å²) in [7, 11) is 0. The van der Waals surface area contributed by atoms with Gasteiger partial charge >= 0.3 is 17.9 Å². The van der Waals surface area contributed by atoms with Crippen LogP contribution in [0, 0.1) is 5.92 Å². The maximum atomic E-state index is 12.0. The van der Waals surface area contributed by atoms with Crippen LogP contribution in [0.15, 0.2) is 12.2 Å². The Morgan fingerprint density at radius 1 is 0.943 bits per heavy atom. The highest BCUT2D eigenvalue weighted by Gasteiger charge is 2.15. The van der Waals surface area contributed by atoms with E-state index in [9.17, 15) is 19.2 Å². The number of aliphatic carboxylic acids is 1. The number of unbranched alkanes of at least 4 members (excludes halogenated alkanes) is 1. The lowest BCUT2D eigenvalue weighted by atomic mass is 10.2. The Balaban J connectivity index is 4.30. The maximum absolute atomic E-state index is 12.0. The Hall–Kier alpha value is -2.54. The summed E-state index contributed by atoms with van der Waals surface area (Å²) in [5.74, 6) is -2.85. The topological polar surface area (TPSA) is 167 Å². The van der Waals surface area contributed by atoms with E-state index in [1.807, 2.05) is 0 Å². The summed E-state index contributed by atoms with van der Waals surface area (Å²) in [6, 6.07) is 0. The number of esters is 2. The molecule has 12 heteroatoms. The summed E-state index contributed by atoms with van der Waals surface area (Å²) in [4.78, 5) is 47.7. The molecule has 5 N–H and O–H groups in total. The highest BCUT2D eigenvalue weighted by atomic mass is 16.7. The lowest BCUT2D eigenvalue weighted by molar-refractivity contribution is -0.167. The first-order valence-corrected chi connectivity index (χ1v) is 11.9. The minimum absolute atomic E-state index is 0.0519. The number of carbonyl (C=O) groups excluding carboxylic acids is 3. The molecular formula is C23H42N4O8. The molecule has 35 heavy (non-hydrogen) atoms. The molecule has 0 aliphatic heterocycles. The summed E-state index contributed by atoms with van der Waals surface area (Å²) in [6.45, 7) is 11.3. The zero-order valence-corrected chi connectivity index (χ0v) is 21.0. The van der Waals surface area contributed by atoms with Crippen molar-refractivity contribution in [1.82, 2.24) is 20.9 Å². The van der Waals surface area contributed by atoms with Crippen LogP contribution in [0.5, 0.6) is 0 Å². The Morgan fingerprint density at radius 3 is 2.23 bits per heavy atom. The SMILES string of the molecule is C=C(C)C(=O)OCOC(=O)C(C)CNCCN(CCNCCCCO)CCNC(=O)CCC(=O)O. The van der Waals surface area contributed by atoms with E-state index in [2.05, 4.69) is 27.4 Å². The fourth-order valence-corrected chi connectivity index (χ4v) is 2.77. The molecule has 0 saturated carbocycles. The highest BCUT2D eigenvalue weighted by molar-refractivity contribution is 5.87. The number of ether oxygens (including phenoxy) is 2. The van der Waals surface area contributed by atoms with Crippen LogP contribution in [0.4, 0.5) is 0 Å². The molecule has 0 spiro atoms. The van der Waals surface area contributed by atoms with Crippen LogP contribution in [-0.2, 0) is 28.7 Å². The van der Waals surface area contributed by atoms with Gasteiger partial charge in [0.2, 0.25) is 12.7 Å². The number of carboxylic acid groups (broad SMARTS) is 1. The summed E-state index contributed by atoms with van der Waals surface area (Å²) >= 11 is 0. The maximum Gasteiger partial charge on any atom is 0.335 e. The molecule has 0 aromatic rings. The van der Waals surface area contributed by atoms with E-state index >= 15 is 0 Å². The number of nitrogens with zero attached hydrogens (tertiary/aromatic N) is 1. The molecule has 0 heterocycles. The van der Waals surface area contributed by atoms with Crippen molar-refractivity contribution in [2.45, 2.75) is 39.5 Å². The average Bonchev–Trinajstić information content (AvgIpc) is 2.81. The van der Waals surface area contributed by atoms with Crippen molar-refractivity contribution >= 4 is 23.8 Å². The molecule has 0 bridgehead atoms. The smallest absolute Gasteiger partial charge is 0.335 e. The molecule has 0 aliphatic carbocycles. The van der Waals surface area contributed by atoms with Crippen LogP contribution in [0.25, 0.3) is 0 Å². The standard InChI is InChI=1S/C23H42N4O8/c1-18(2)22(32)34-17-35-23(33)19(3)16-25-10-13-27(12-9-24-8-4-5-15-28)14-11-26-20(29)6-7-21(30)31/h19,24-25,28H,1,4-17H2,2-3H3,(H,26,29)(H,30,31). The fraction of sp³-hybridized carbons (Fsp3) is 0.739. The molecule has 0 saturated heterocycles. The molecule has 0 fully saturated rings. The predicted molar refractivity (Wildman–Crippen MR) is 129 cm³/mol. The summed E-state index contributed by atoms with van der Waals surface area (Å²) in [6.07, 6.45) is 1.38. The number of rotatable bonds is 22. The van der Waals surface area contributed by atoms with Gasteiger partial charge in [-0.2, -0.15) is 0 Å². The predicted octanol–water partition coefficient (Wildman–Crippen LogP) is -0.523. The molecule has 0 aliphatic rings. The molecule has 12 nitrogen and oxygen atoms in total. The van der Waals surface area contributed by atoms with E-state index < -0.39 is 30.6 Å². The molecule has 0 aromatic heterocycles. The van der Waals surface area contributed by atoms with Crippen molar-refractivity contribution in [1.29, 1.82) is 0 Å². The normalized spacial score (nSPS) is 11.7. The van der Waals surface area contributed by atoms with E-state index in [1.54, 1.807) is 6.92 Å². The number of carboxylic acids is 1. The van der Waals surface area contributed by atoms with Crippen molar-refractivity contribution in [3.05, 3.63) is 12.2 Å². The second-order valence-electron chi connectivity index (χ2n) is 8.16. The zero-order valence-electron chi connectivity index (χ0n) is 21.0. The first-order chi connectivity index (χ1) is 16.7. The minimum Gasteiger partial charge on any atom is -0.481 e. The Labute approximate surface area is 207 Å². The molecule has 1 unspecified atom stereocenters. The molecule has 0 radical (unpaired) electrons. The molecule has 202 valence electrons. The zero-order chi connectivity index (χ0) is 26.5. The molecule has 0 aromatic carbocycles. The van der Waals surface area contributed by atoms with E-state index in [0.29, 0.717) is 32.7 Å². The van der Waals surface area contributed by atoms with E-state index in [4.69, 9.17) is 19.7 Å². The van der Waals surface area contributed by atoms with Gasteiger partial charge in [0.25, 0.3) is 0 Å². The lowest BCUT2D eigenvalue weighted by Gasteiger charge is -2.23. The number of amides is 1. The first-order valence-electron chi connectivity index (χ1n) is 11.9. The van der Waals surface area contributed by atoms with Crippen LogP contribution in [0.3, 0.4) is 0 Å². The summed E-state index contributed by atoms with van der Waals surface area (Å²) in [5.41, 5.74) is 0.223. The van der Waals surface area contributed by atoms with Gasteiger partial charge in [0.05, 0.1) is 12.3 Å². The van der Waals surface area contributed by atoms with Gasteiger partial charge in [0.1, 0.15) is 0 Å². The number of hydrogen-bond acceptors (Lipinski definition) is 10. The van der Waals surface area contributed by atoms with E-state index in [1.165, 1.54) is 6.92 Å². The van der Waals surface area contributed by atoms with Crippen molar-refractivity contribution in [3.63, 3.8) is 0 Å². The quantitative estimate of drug-likeness (QED) is 0.0559.